The number of carbonyl (C=O) groups is 1. The van der Waals surface area contributed by atoms with Crippen molar-refractivity contribution in [2.24, 2.45) is 0 Å². The van der Waals surface area contributed by atoms with Gasteiger partial charge in [0.05, 0.1) is 30.9 Å². The second kappa shape index (κ2) is 12.8. The lowest BCUT2D eigenvalue weighted by Gasteiger charge is -2.29. The molecule has 38 heavy (non-hydrogen) atoms. The van der Waals surface area contributed by atoms with Crippen molar-refractivity contribution in [3.63, 3.8) is 0 Å². The van der Waals surface area contributed by atoms with Crippen LogP contribution < -0.4 is 10.1 Å². The molecule has 0 unspecified atom stereocenters. The van der Waals surface area contributed by atoms with Gasteiger partial charge in [-0.1, -0.05) is 17.3 Å². The minimum Gasteiger partial charge on any atom is -0.490 e. The predicted octanol–water partition coefficient (Wildman–Crippen LogP) is 2.62. The molecule has 0 saturated heterocycles. The third-order valence-corrected chi connectivity index (χ3v) is 6.26. The van der Waals surface area contributed by atoms with Gasteiger partial charge >= 0.3 is 0 Å². The van der Waals surface area contributed by atoms with Gasteiger partial charge in [-0.05, 0) is 62.1 Å². The third-order valence-electron chi connectivity index (χ3n) is 6.26. The van der Waals surface area contributed by atoms with Crippen LogP contribution in [0.2, 0.25) is 0 Å². The highest BCUT2D eigenvalue weighted by atomic mass is 35.5. The van der Waals surface area contributed by atoms with Crippen LogP contribution in [0, 0.1) is 18.3 Å². The number of amides is 1. The average molecular weight is 542 g/mol. The van der Waals surface area contributed by atoms with E-state index in [4.69, 9.17) is 14.4 Å². The Bertz CT molecular complexity index is 1320. The summed E-state index contributed by atoms with van der Waals surface area (Å²) >= 11 is 0. The topological polar surface area (TPSA) is 145 Å². The third kappa shape index (κ3) is 6.68. The molecule has 202 valence electrons. The lowest BCUT2D eigenvalue weighted by atomic mass is 9.91. The molecule has 1 aromatic heterocycles. The van der Waals surface area contributed by atoms with E-state index in [1.54, 1.807) is 18.2 Å². The first kappa shape index (κ1) is 29.1. The van der Waals surface area contributed by atoms with E-state index in [0.29, 0.717) is 41.7 Å². The molecule has 3 aromatic rings. The van der Waals surface area contributed by atoms with Crippen molar-refractivity contribution in [2.45, 2.75) is 45.9 Å². The number of ether oxygens (including phenoxy) is 1. The number of fused-ring (bicyclic) bond motifs is 1. The summed E-state index contributed by atoms with van der Waals surface area (Å²) in [6.07, 6.45) is -0.228. The van der Waals surface area contributed by atoms with Crippen molar-refractivity contribution in [1.29, 1.82) is 5.26 Å². The fourth-order valence-electron chi connectivity index (χ4n) is 4.39. The number of nitriles is 1. The average Bonchev–Trinajstić information content (AvgIpc) is 3.37. The molecule has 10 nitrogen and oxygen atoms in total. The number of aromatic nitrogens is 2. The second-order valence-electron chi connectivity index (χ2n) is 9.39. The summed E-state index contributed by atoms with van der Waals surface area (Å²) in [4.78, 5) is 18.8. The number of aliphatic hydroxyl groups is 2. The van der Waals surface area contributed by atoms with Gasteiger partial charge < -0.3 is 24.8 Å². The van der Waals surface area contributed by atoms with Crippen LogP contribution in [0.3, 0.4) is 0 Å². The van der Waals surface area contributed by atoms with Crippen LogP contribution in [0.25, 0.3) is 22.8 Å². The van der Waals surface area contributed by atoms with E-state index in [0.717, 1.165) is 23.1 Å². The lowest BCUT2D eigenvalue weighted by Crippen LogP contribution is -2.42. The van der Waals surface area contributed by atoms with E-state index < -0.39 is 6.10 Å². The molecule has 2 aromatic carbocycles. The molecule has 11 heteroatoms. The first-order valence-electron chi connectivity index (χ1n) is 12.2. The number of halogens is 1. The van der Waals surface area contributed by atoms with Crippen LogP contribution in [-0.4, -0.2) is 69.6 Å². The maximum Gasteiger partial charge on any atom is 0.258 e. The van der Waals surface area contributed by atoms with E-state index in [1.165, 1.54) is 5.56 Å². The molecule has 0 fully saturated rings. The molecular weight excluding hydrogens is 510 g/mol. The summed E-state index contributed by atoms with van der Waals surface area (Å²) in [7, 11) is 0. The SMILES string of the molecule is Cc1c(-c2noc(-c3ccc(OC(C)C)c(C#N)c3)n2)ccc2c1CCN(CC(=O)NC[C@H](O)CO)C2.Cl. The Morgan fingerprint density at radius 3 is 2.82 bits per heavy atom. The number of hydrogen-bond acceptors (Lipinski definition) is 9. The van der Waals surface area contributed by atoms with Gasteiger partial charge in [0.25, 0.3) is 5.89 Å². The van der Waals surface area contributed by atoms with Crippen molar-refractivity contribution < 1.29 is 24.3 Å². The fourth-order valence-corrected chi connectivity index (χ4v) is 4.39. The van der Waals surface area contributed by atoms with Gasteiger partial charge in [0.1, 0.15) is 11.8 Å². The summed E-state index contributed by atoms with van der Waals surface area (Å²) in [6.45, 7) is 7.05. The van der Waals surface area contributed by atoms with E-state index in [2.05, 4.69) is 21.5 Å². The normalized spacial score (nSPS) is 13.8. The van der Waals surface area contributed by atoms with Crippen molar-refractivity contribution in [1.82, 2.24) is 20.4 Å². The number of aliphatic hydroxyl groups excluding tert-OH is 2. The lowest BCUT2D eigenvalue weighted by molar-refractivity contribution is -0.123. The summed E-state index contributed by atoms with van der Waals surface area (Å²) in [5, 5.41) is 34.6. The van der Waals surface area contributed by atoms with Crippen molar-refractivity contribution in [2.75, 3.05) is 26.2 Å². The zero-order valence-corrected chi connectivity index (χ0v) is 22.4. The summed E-state index contributed by atoms with van der Waals surface area (Å²) < 4.78 is 11.2. The Hall–Kier alpha value is -3.49. The highest BCUT2D eigenvalue weighted by Crippen LogP contribution is 2.32. The Labute approximate surface area is 227 Å². The number of carbonyl (C=O) groups excluding carboxylic acids is 1. The Morgan fingerprint density at radius 1 is 1.32 bits per heavy atom. The van der Waals surface area contributed by atoms with E-state index in [9.17, 15) is 15.2 Å². The minimum atomic E-state index is -0.954. The summed E-state index contributed by atoms with van der Waals surface area (Å²) in [5.74, 6) is 1.12. The largest absolute Gasteiger partial charge is 0.490 e. The maximum absolute atomic E-state index is 12.2. The van der Waals surface area contributed by atoms with E-state index in [1.807, 2.05) is 37.8 Å². The Morgan fingerprint density at radius 2 is 2.11 bits per heavy atom. The predicted molar refractivity (Wildman–Crippen MR) is 143 cm³/mol. The first-order chi connectivity index (χ1) is 17.8. The second-order valence-corrected chi connectivity index (χ2v) is 9.39. The molecule has 1 aliphatic heterocycles. The van der Waals surface area contributed by atoms with Gasteiger partial charge in [-0.2, -0.15) is 10.2 Å². The molecule has 0 radical (unpaired) electrons. The summed E-state index contributed by atoms with van der Waals surface area (Å²) in [6, 6.07) is 11.4. The van der Waals surface area contributed by atoms with Gasteiger partial charge in [-0.25, -0.2) is 0 Å². The number of hydrogen-bond donors (Lipinski definition) is 3. The fraction of sp³-hybridized carbons (Fsp3) is 0.407. The van der Waals surface area contributed by atoms with Crippen LogP contribution >= 0.6 is 12.4 Å². The molecule has 2 heterocycles. The molecular formula is C27H32ClN5O5. The molecule has 1 atom stereocenters. The molecule has 0 aliphatic carbocycles. The summed E-state index contributed by atoms with van der Waals surface area (Å²) in [5.41, 5.74) is 5.33. The van der Waals surface area contributed by atoms with Gasteiger partial charge in [-0.3, -0.25) is 9.69 Å². The smallest absolute Gasteiger partial charge is 0.258 e. The molecule has 4 rings (SSSR count). The highest BCUT2D eigenvalue weighted by molar-refractivity contribution is 5.85. The molecule has 0 saturated carbocycles. The van der Waals surface area contributed by atoms with Crippen LogP contribution in [0.4, 0.5) is 0 Å². The van der Waals surface area contributed by atoms with Gasteiger partial charge in [0.2, 0.25) is 11.7 Å². The quantitative estimate of drug-likeness (QED) is 0.372. The Kier molecular flexibility index (Phi) is 9.83. The zero-order valence-electron chi connectivity index (χ0n) is 21.6. The molecule has 3 N–H and O–H groups in total. The number of nitrogens with zero attached hydrogens (tertiary/aromatic N) is 4. The van der Waals surface area contributed by atoms with Crippen LogP contribution in [-0.2, 0) is 17.8 Å². The van der Waals surface area contributed by atoms with Gasteiger partial charge in [0, 0.05) is 30.8 Å². The van der Waals surface area contributed by atoms with Crippen molar-refractivity contribution in [3.8, 4) is 34.7 Å². The molecule has 1 amide bonds. The zero-order chi connectivity index (χ0) is 26.5. The minimum absolute atomic E-state index is 0. The highest BCUT2D eigenvalue weighted by Gasteiger charge is 2.23. The van der Waals surface area contributed by atoms with E-state index >= 15 is 0 Å². The van der Waals surface area contributed by atoms with Gasteiger partial charge in [0.15, 0.2) is 0 Å². The van der Waals surface area contributed by atoms with Gasteiger partial charge in [-0.15, -0.1) is 12.4 Å². The standard InChI is InChI=1S/C27H31N5O5.ClH/c1-16(2)36-24-7-5-18(10-20(24)11-28)27-30-26(31-37-27)23-6-4-19-13-32(9-8-22(19)17(23)3)14-25(35)29-12-21(34)15-33;/h4-7,10,16,21,33-34H,8-9,12-15H2,1-3H3,(H,29,35);1H/t21-;/m0./s1. The maximum atomic E-state index is 12.2. The molecule has 0 spiro atoms. The molecule has 0 bridgehead atoms. The monoisotopic (exact) mass is 541 g/mol. The van der Waals surface area contributed by atoms with Crippen LogP contribution in [0.1, 0.15) is 36.1 Å². The number of benzene rings is 2. The number of nitrogens with one attached hydrogen (secondary N) is 1. The van der Waals surface area contributed by atoms with Crippen LogP contribution in [0.15, 0.2) is 34.9 Å². The first-order valence-corrected chi connectivity index (χ1v) is 12.2. The van der Waals surface area contributed by atoms with Crippen molar-refractivity contribution >= 4 is 18.3 Å². The van der Waals surface area contributed by atoms with E-state index in [-0.39, 0.29) is 44.1 Å². The van der Waals surface area contributed by atoms with Crippen molar-refractivity contribution in [3.05, 3.63) is 52.6 Å². The number of rotatable bonds is 9. The Balaban J connectivity index is 0.00000400. The van der Waals surface area contributed by atoms with Crippen LogP contribution in [0.5, 0.6) is 5.75 Å². The molecule has 1 aliphatic rings.